The molecular weight excluding hydrogens is 422 g/mol. The first-order valence-corrected chi connectivity index (χ1v) is 9.05. The molecule has 5 nitrogen and oxygen atoms in total. The van der Waals surface area contributed by atoms with Gasteiger partial charge in [0.15, 0.2) is 18.2 Å². The van der Waals surface area contributed by atoms with Gasteiger partial charge in [0, 0.05) is 17.6 Å². The van der Waals surface area contributed by atoms with Crippen LogP contribution in [0.3, 0.4) is 0 Å². The van der Waals surface area contributed by atoms with Gasteiger partial charge in [-0.3, -0.25) is 9.59 Å². The summed E-state index contributed by atoms with van der Waals surface area (Å²) in [7, 11) is 0. The summed E-state index contributed by atoms with van der Waals surface area (Å²) in [6.07, 6.45) is 0. The van der Waals surface area contributed by atoms with Crippen LogP contribution in [0.25, 0.3) is 0 Å². The highest BCUT2D eigenvalue weighted by Gasteiger charge is 2.17. The second-order valence-electron chi connectivity index (χ2n) is 5.67. The van der Waals surface area contributed by atoms with Crippen molar-refractivity contribution >= 4 is 27.7 Å². The molecule has 0 aromatic heterocycles. The number of carbonyl (C=O) groups is 2. The van der Waals surface area contributed by atoms with E-state index in [-0.39, 0.29) is 37.2 Å². The molecule has 0 radical (unpaired) electrons. The predicted molar refractivity (Wildman–Crippen MR) is 100 cm³/mol. The third-order valence-corrected chi connectivity index (χ3v) is 4.21. The highest BCUT2D eigenvalue weighted by molar-refractivity contribution is 9.10. The van der Waals surface area contributed by atoms with Crippen molar-refractivity contribution in [2.75, 3.05) is 19.7 Å². The molecule has 0 fully saturated rings. The molecule has 0 heterocycles. The molecule has 0 saturated heterocycles. The van der Waals surface area contributed by atoms with Gasteiger partial charge in [-0.05, 0) is 42.8 Å². The van der Waals surface area contributed by atoms with Crippen LogP contribution in [-0.2, 0) is 16.1 Å². The Hall–Kier alpha value is -2.48. The van der Waals surface area contributed by atoms with Crippen LogP contribution < -0.4 is 10.1 Å². The number of amides is 2. The number of carbonyl (C=O) groups excluding carboxylic acids is 2. The summed E-state index contributed by atoms with van der Waals surface area (Å²) in [5.41, 5.74) is 0.744. The van der Waals surface area contributed by atoms with E-state index in [0.29, 0.717) is 11.0 Å². The predicted octanol–water partition coefficient (Wildman–Crippen LogP) is 3.27. The maximum Gasteiger partial charge on any atom is 0.260 e. The van der Waals surface area contributed by atoms with E-state index in [9.17, 15) is 18.4 Å². The Bertz CT molecular complexity index is 800. The summed E-state index contributed by atoms with van der Waals surface area (Å²) in [5.74, 6) is -1.77. The van der Waals surface area contributed by atoms with E-state index in [1.807, 2.05) is 0 Å². The van der Waals surface area contributed by atoms with Gasteiger partial charge in [-0.1, -0.05) is 28.1 Å². The van der Waals surface area contributed by atoms with Gasteiger partial charge in [0.05, 0.1) is 6.54 Å². The average molecular weight is 441 g/mol. The Morgan fingerprint density at radius 3 is 2.48 bits per heavy atom. The summed E-state index contributed by atoms with van der Waals surface area (Å²) in [6.45, 7) is 1.73. The molecule has 27 heavy (non-hydrogen) atoms. The number of hydrogen-bond donors (Lipinski definition) is 1. The van der Waals surface area contributed by atoms with Crippen molar-refractivity contribution in [3.63, 3.8) is 0 Å². The SMILES string of the molecule is CCN(CC(=O)NCc1ccc(F)cc1)C(=O)COc1ccc(Br)cc1F. The molecule has 0 atom stereocenters. The maximum absolute atomic E-state index is 13.7. The first-order chi connectivity index (χ1) is 12.9. The molecule has 2 aromatic rings. The topological polar surface area (TPSA) is 58.6 Å². The fourth-order valence-electron chi connectivity index (χ4n) is 2.23. The van der Waals surface area contributed by atoms with E-state index >= 15 is 0 Å². The first-order valence-electron chi connectivity index (χ1n) is 8.25. The monoisotopic (exact) mass is 440 g/mol. The lowest BCUT2D eigenvalue weighted by Crippen LogP contribution is -2.42. The minimum Gasteiger partial charge on any atom is -0.481 e. The third kappa shape index (κ3) is 6.63. The van der Waals surface area contributed by atoms with Crippen LogP contribution in [0.2, 0.25) is 0 Å². The maximum atomic E-state index is 13.7. The summed E-state index contributed by atoms with van der Waals surface area (Å²) < 4.78 is 32.3. The normalized spacial score (nSPS) is 10.4. The second kappa shape index (κ2) is 10.0. The van der Waals surface area contributed by atoms with Crippen molar-refractivity contribution in [2.24, 2.45) is 0 Å². The number of nitrogens with zero attached hydrogens (tertiary/aromatic N) is 1. The smallest absolute Gasteiger partial charge is 0.260 e. The molecule has 2 aromatic carbocycles. The molecule has 0 aliphatic carbocycles. The van der Waals surface area contributed by atoms with Crippen LogP contribution in [0, 0.1) is 11.6 Å². The molecule has 0 saturated carbocycles. The van der Waals surface area contributed by atoms with Crippen LogP contribution in [0.1, 0.15) is 12.5 Å². The quantitative estimate of drug-likeness (QED) is 0.685. The number of nitrogens with one attached hydrogen (secondary N) is 1. The Labute approximate surface area is 164 Å². The van der Waals surface area contributed by atoms with Gasteiger partial charge in [0.2, 0.25) is 5.91 Å². The fourth-order valence-corrected chi connectivity index (χ4v) is 2.56. The number of likely N-dealkylation sites (N-methyl/N-ethyl adjacent to an activating group) is 1. The number of halogens is 3. The molecule has 0 spiro atoms. The molecule has 0 aliphatic rings. The third-order valence-electron chi connectivity index (χ3n) is 3.72. The number of benzene rings is 2. The summed E-state index contributed by atoms with van der Waals surface area (Å²) in [4.78, 5) is 25.6. The minimum atomic E-state index is -0.586. The Kier molecular flexibility index (Phi) is 7.72. The largest absolute Gasteiger partial charge is 0.481 e. The highest BCUT2D eigenvalue weighted by Crippen LogP contribution is 2.21. The van der Waals surface area contributed by atoms with Crippen molar-refractivity contribution in [3.8, 4) is 5.75 Å². The van der Waals surface area contributed by atoms with E-state index in [0.717, 1.165) is 5.56 Å². The van der Waals surface area contributed by atoms with E-state index in [2.05, 4.69) is 21.2 Å². The van der Waals surface area contributed by atoms with Crippen molar-refractivity contribution in [1.29, 1.82) is 0 Å². The zero-order valence-electron chi connectivity index (χ0n) is 14.7. The van der Waals surface area contributed by atoms with Crippen LogP contribution in [0.5, 0.6) is 5.75 Å². The van der Waals surface area contributed by atoms with Crippen LogP contribution in [0.4, 0.5) is 8.78 Å². The van der Waals surface area contributed by atoms with Crippen LogP contribution in [0.15, 0.2) is 46.9 Å². The van der Waals surface area contributed by atoms with Crippen LogP contribution >= 0.6 is 15.9 Å². The van der Waals surface area contributed by atoms with Crippen molar-refractivity contribution in [3.05, 3.63) is 64.1 Å². The zero-order valence-corrected chi connectivity index (χ0v) is 16.3. The van der Waals surface area contributed by atoms with Gasteiger partial charge in [-0.25, -0.2) is 8.78 Å². The summed E-state index contributed by atoms with van der Waals surface area (Å²) >= 11 is 3.14. The van der Waals surface area contributed by atoms with Crippen molar-refractivity contribution in [1.82, 2.24) is 10.2 Å². The lowest BCUT2D eigenvalue weighted by atomic mass is 10.2. The average Bonchev–Trinajstić information content (AvgIpc) is 2.64. The summed E-state index contributed by atoms with van der Waals surface area (Å²) in [6, 6.07) is 10.0. The van der Waals surface area contributed by atoms with Crippen molar-refractivity contribution in [2.45, 2.75) is 13.5 Å². The molecule has 2 amide bonds. The highest BCUT2D eigenvalue weighted by atomic mass is 79.9. The Morgan fingerprint density at radius 2 is 1.85 bits per heavy atom. The molecule has 0 aliphatic heterocycles. The number of ether oxygens (including phenoxy) is 1. The summed E-state index contributed by atoms with van der Waals surface area (Å²) in [5, 5.41) is 2.67. The molecule has 0 unspecified atom stereocenters. The molecule has 2 rings (SSSR count). The van der Waals surface area contributed by atoms with E-state index < -0.39 is 11.7 Å². The van der Waals surface area contributed by atoms with Gasteiger partial charge in [-0.2, -0.15) is 0 Å². The molecule has 144 valence electrons. The number of rotatable bonds is 8. The Morgan fingerprint density at radius 1 is 1.15 bits per heavy atom. The fraction of sp³-hybridized carbons (Fsp3) is 0.263. The van der Waals surface area contributed by atoms with Crippen LogP contribution in [-0.4, -0.2) is 36.4 Å². The lowest BCUT2D eigenvalue weighted by Gasteiger charge is -2.20. The molecule has 1 N–H and O–H groups in total. The van der Waals surface area contributed by atoms with Crippen molar-refractivity contribution < 1.29 is 23.1 Å². The molecule has 8 heteroatoms. The van der Waals surface area contributed by atoms with Gasteiger partial charge in [0.25, 0.3) is 5.91 Å². The standard InChI is InChI=1S/C19H19BrF2N2O3/c1-2-24(11-18(25)23-10-13-3-6-15(21)7-4-13)19(26)12-27-17-8-5-14(20)9-16(17)22/h3-9H,2,10-12H2,1H3,(H,23,25). The van der Waals surface area contributed by atoms with E-state index in [4.69, 9.17) is 4.74 Å². The van der Waals surface area contributed by atoms with Gasteiger partial charge < -0.3 is 15.0 Å². The van der Waals surface area contributed by atoms with Gasteiger partial charge in [0.1, 0.15) is 5.82 Å². The zero-order chi connectivity index (χ0) is 19.8. The minimum absolute atomic E-state index is 0.0386. The van der Waals surface area contributed by atoms with E-state index in [1.165, 1.54) is 29.2 Å². The molecular formula is C19H19BrF2N2O3. The first kappa shape index (κ1) is 20.8. The lowest BCUT2D eigenvalue weighted by molar-refractivity contribution is -0.137. The second-order valence-corrected chi connectivity index (χ2v) is 6.59. The Balaban J connectivity index is 1.82. The number of hydrogen-bond acceptors (Lipinski definition) is 3. The van der Waals surface area contributed by atoms with E-state index in [1.54, 1.807) is 25.1 Å². The molecule has 0 bridgehead atoms. The van der Waals surface area contributed by atoms with Gasteiger partial charge >= 0.3 is 0 Å². The van der Waals surface area contributed by atoms with Gasteiger partial charge in [-0.15, -0.1) is 0 Å².